The average molecular weight is 203 g/mol. The summed E-state index contributed by atoms with van der Waals surface area (Å²) in [7, 11) is 0. The molecular formula is C10H9ClF2. The van der Waals surface area contributed by atoms with E-state index in [0.29, 0.717) is 5.56 Å². The molecule has 1 fully saturated rings. The fourth-order valence-corrected chi connectivity index (χ4v) is 2.08. The number of alkyl halides is 3. The third kappa shape index (κ3) is 1.33. The SMILES string of the molecule is FC1(F)C(CCl)C1c1ccccc1. The summed E-state index contributed by atoms with van der Waals surface area (Å²) >= 11 is 5.45. The molecule has 0 radical (unpaired) electrons. The zero-order valence-corrected chi connectivity index (χ0v) is 7.64. The normalized spacial score (nSPS) is 30.1. The molecule has 1 aliphatic carbocycles. The molecule has 2 rings (SSSR count). The summed E-state index contributed by atoms with van der Waals surface area (Å²) in [6, 6.07) is 8.82. The Balaban J connectivity index is 2.22. The molecule has 0 amide bonds. The van der Waals surface area contributed by atoms with Gasteiger partial charge in [0.15, 0.2) is 0 Å². The van der Waals surface area contributed by atoms with Crippen molar-refractivity contribution in [2.75, 3.05) is 5.88 Å². The monoisotopic (exact) mass is 202 g/mol. The fraction of sp³-hybridized carbons (Fsp3) is 0.400. The molecule has 1 aromatic carbocycles. The van der Waals surface area contributed by atoms with Gasteiger partial charge in [-0.3, -0.25) is 0 Å². The van der Waals surface area contributed by atoms with Gasteiger partial charge in [-0.25, -0.2) is 8.78 Å². The Hall–Kier alpha value is -0.630. The van der Waals surface area contributed by atoms with Crippen molar-refractivity contribution in [1.82, 2.24) is 0 Å². The van der Waals surface area contributed by atoms with Gasteiger partial charge in [-0.05, 0) is 5.56 Å². The number of hydrogen-bond acceptors (Lipinski definition) is 0. The van der Waals surface area contributed by atoms with Crippen LogP contribution in [0.1, 0.15) is 11.5 Å². The lowest BCUT2D eigenvalue weighted by atomic mass is 10.1. The van der Waals surface area contributed by atoms with Crippen molar-refractivity contribution < 1.29 is 8.78 Å². The van der Waals surface area contributed by atoms with Crippen molar-refractivity contribution in [1.29, 1.82) is 0 Å². The topological polar surface area (TPSA) is 0 Å². The van der Waals surface area contributed by atoms with E-state index in [2.05, 4.69) is 0 Å². The summed E-state index contributed by atoms with van der Waals surface area (Å²) in [5.41, 5.74) is 0.693. The lowest BCUT2D eigenvalue weighted by Gasteiger charge is -1.96. The van der Waals surface area contributed by atoms with Gasteiger partial charge in [0.1, 0.15) is 0 Å². The Morgan fingerprint density at radius 3 is 2.31 bits per heavy atom. The minimum Gasteiger partial charge on any atom is -0.206 e. The number of hydrogen-bond donors (Lipinski definition) is 0. The minimum absolute atomic E-state index is 0.0343. The molecule has 1 saturated carbocycles. The van der Waals surface area contributed by atoms with Gasteiger partial charge < -0.3 is 0 Å². The minimum atomic E-state index is -2.59. The third-order valence-corrected chi connectivity index (χ3v) is 2.86. The van der Waals surface area contributed by atoms with Crippen LogP contribution in [0.3, 0.4) is 0 Å². The zero-order valence-electron chi connectivity index (χ0n) is 6.88. The van der Waals surface area contributed by atoms with Crippen LogP contribution in [0.2, 0.25) is 0 Å². The molecule has 13 heavy (non-hydrogen) atoms. The van der Waals surface area contributed by atoms with Gasteiger partial charge in [0.25, 0.3) is 5.92 Å². The largest absolute Gasteiger partial charge is 0.260 e. The summed E-state index contributed by atoms with van der Waals surface area (Å²) in [5.74, 6) is -3.89. The van der Waals surface area contributed by atoms with E-state index in [1.807, 2.05) is 6.07 Å². The summed E-state index contributed by atoms with van der Waals surface area (Å²) in [5, 5.41) is 0. The molecule has 2 unspecified atom stereocenters. The second kappa shape index (κ2) is 2.95. The van der Waals surface area contributed by atoms with E-state index in [-0.39, 0.29) is 5.88 Å². The summed E-state index contributed by atoms with van der Waals surface area (Å²) in [6.45, 7) is 0. The Bertz CT molecular complexity index is 297. The molecule has 0 N–H and O–H groups in total. The van der Waals surface area contributed by atoms with Crippen molar-refractivity contribution in [3.63, 3.8) is 0 Å². The molecule has 2 atom stereocenters. The number of rotatable bonds is 2. The van der Waals surface area contributed by atoms with Gasteiger partial charge in [-0.1, -0.05) is 30.3 Å². The first-order valence-corrected chi connectivity index (χ1v) is 4.70. The maximum atomic E-state index is 13.1. The maximum absolute atomic E-state index is 13.1. The van der Waals surface area contributed by atoms with Crippen LogP contribution in [-0.4, -0.2) is 11.8 Å². The highest BCUT2D eigenvalue weighted by Crippen LogP contribution is 2.61. The van der Waals surface area contributed by atoms with Crippen molar-refractivity contribution in [3.8, 4) is 0 Å². The molecule has 3 heteroatoms. The van der Waals surface area contributed by atoms with Crippen LogP contribution in [0.15, 0.2) is 30.3 Å². The molecule has 0 nitrogen and oxygen atoms in total. The summed E-state index contributed by atoms with van der Waals surface area (Å²) in [4.78, 5) is 0. The second-order valence-corrected chi connectivity index (χ2v) is 3.63. The highest BCUT2D eigenvalue weighted by Gasteiger charge is 2.67. The molecule has 1 aromatic rings. The molecular weight excluding hydrogens is 194 g/mol. The van der Waals surface area contributed by atoms with E-state index in [0.717, 1.165) is 0 Å². The molecule has 0 saturated heterocycles. The number of benzene rings is 1. The van der Waals surface area contributed by atoms with Crippen LogP contribution >= 0.6 is 11.6 Å². The number of halogens is 3. The van der Waals surface area contributed by atoms with Crippen LogP contribution in [-0.2, 0) is 0 Å². The molecule has 0 heterocycles. The molecule has 1 aliphatic rings. The molecule has 0 bridgehead atoms. The van der Waals surface area contributed by atoms with Crippen molar-refractivity contribution in [3.05, 3.63) is 35.9 Å². The summed E-state index contributed by atoms with van der Waals surface area (Å²) < 4.78 is 26.1. The first-order valence-electron chi connectivity index (χ1n) is 4.16. The van der Waals surface area contributed by atoms with Crippen molar-refractivity contribution in [2.45, 2.75) is 11.8 Å². The Morgan fingerprint density at radius 2 is 1.85 bits per heavy atom. The Labute approximate surface area is 80.5 Å². The van der Waals surface area contributed by atoms with Gasteiger partial charge in [0.2, 0.25) is 0 Å². The van der Waals surface area contributed by atoms with Crippen LogP contribution in [0.4, 0.5) is 8.78 Å². The van der Waals surface area contributed by atoms with Gasteiger partial charge in [-0.15, -0.1) is 11.6 Å². The predicted molar refractivity (Wildman–Crippen MR) is 48.3 cm³/mol. The van der Waals surface area contributed by atoms with Gasteiger partial charge >= 0.3 is 0 Å². The Kier molecular flexibility index (Phi) is 2.03. The van der Waals surface area contributed by atoms with Gasteiger partial charge in [0, 0.05) is 11.8 Å². The predicted octanol–water partition coefficient (Wildman–Crippen LogP) is 3.27. The highest BCUT2D eigenvalue weighted by molar-refractivity contribution is 6.18. The highest BCUT2D eigenvalue weighted by atomic mass is 35.5. The third-order valence-electron chi connectivity index (χ3n) is 2.53. The second-order valence-electron chi connectivity index (χ2n) is 3.32. The van der Waals surface area contributed by atoms with E-state index >= 15 is 0 Å². The molecule has 0 spiro atoms. The van der Waals surface area contributed by atoms with E-state index in [1.165, 1.54) is 0 Å². The van der Waals surface area contributed by atoms with Crippen molar-refractivity contribution >= 4 is 11.6 Å². The molecule has 0 aliphatic heterocycles. The van der Waals surface area contributed by atoms with Crippen LogP contribution < -0.4 is 0 Å². The lowest BCUT2D eigenvalue weighted by molar-refractivity contribution is 0.0969. The van der Waals surface area contributed by atoms with Gasteiger partial charge in [-0.2, -0.15) is 0 Å². The van der Waals surface area contributed by atoms with E-state index < -0.39 is 17.8 Å². The maximum Gasteiger partial charge on any atom is 0.260 e. The van der Waals surface area contributed by atoms with E-state index in [4.69, 9.17) is 11.6 Å². The standard InChI is InChI=1S/C10H9ClF2/c11-6-8-9(10(8,12)13)7-4-2-1-3-5-7/h1-5,8-9H,6H2. The zero-order chi connectivity index (χ0) is 9.47. The van der Waals surface area contributed by atoms with Crippen molar-refractivity contribution in [2.24, 2.45) is 5.92 Å². The molecule has 70 valence electrons. The first kappa shape index (κ1) is 8.95. The van der Waals surface area contributed by atoms with Crippen LogP contribution in [0, 0.1) is 5.92 Å². The first-order chi connectivity index (χ1) is 6.18. The summed E-state index contributed by atoms with van der Waals surface area (Å²) in [6.07, 6.45) is 0. The van der Waals surface area contributed by atoms with Crippen LogP contribution in [0.5, 0.6) is 0 Å². The fourth-order valence-electron chi connectivity index (χ4n) is 1.70. The molecule has 0 aromatic heterocycles. The smallest absolute Gasteiger partial charge is 0.206 e. The average Bonchev–Trinajstić information content (AvgIpc) is 2.69. The van der Waals surface area contributed by atoms with E-state index in [9.17, 15) is 8.78 Å². The Morgan fingerprint density at radius 1 is 1.23 bits per heavy atom. The van der Waals surface area contributed by atoms with E-state index in [1.54, 1.807) is 24.3 Å². The lowest BCUT2D eigenvalue weighted by Crippen LogP contribution is -1.94. The van der Waals surface area contributed by atoms with Crippen LogP contribution in [0.25, 0.3) is 0 Å². The van der Waals surface area contributed by atoms with Gasteiger partial charge in [0.05, 0.1) is 5.92 Å². The quantitative estimate of drug-likeness (QED) is 0.646.